The van der Waals surface area contributed by atoms with Crippen LogP contribution in [0.2, 0.25) is 0 Å². The molecule has 2 N–H and O–H groups in total. The van der Waals surface area contributed by atoms with Gasteiger partial charge >= 0.3 is 0 Å². The number of H-pyrrole nitrogens is 1. The minimum absolute atomic E-state index is 0.0449. The van der Waals surface area contributed by atoms with Crippen LogP contribution in [0.25, 0.3) is 11.3 Å². The molecule has 0 atom stereocenters. The van der Waals surface area contributed by atoms with E-state index in [1.54, 1.807) is 24.3 Å². The molecule has 1 aliphatic heterocycles. The first-order valence-electron chi connectivity index (χ1n) is 9.54. The van der Waals surface area contributed by atoms with Crippen LogP contribution < -0.4 is 0 Å². The highest BCUT2D eigenvalue weighted by Gasteiger charge is 2.19. The van der Waals surface area contributed by atoms with Crippen LogP contribution in [0.1, 0.15) is 43.1 Å². The number of likely N-dealkylation sites (tertiary alicyclic amines) is 1. The van der Waals surface area contributed by atoms with E-state index in [-0.39, 0.29) is 11.7 Å². The Kier molecular flexibility index (Phi) is 6.28. The van der Waals surface area contributed by atoms with Gasteiger partial charge in [0.15, 0.2) is 0 Å². The molecule has 1 amide bonds. The average molecular weight is 356 g/mol. The van der Waals surface area contributed by atoms with Gasteiger partial charge in [0.1, 0.15) is 11.4 Å². The highest BCUT2D eigenvalue weighted by Crippen LogP contribution is 2.27. The summed E-state index contributed by atoms with van der Waals surface area (Å²) in [6, 6.07) is 8.72. The van der Waals surface area contributed by atoms with E-state index in [2.05, 4.69) is 15.1 Å². The molecule has 0 bridgehead atoms. The second-order valence-electron chi connectivity index (χ2n) is 6.82. The number of nitrogens with zero attached hydrogens (tertiary/aromatic N) is 3. The lowest BCUT2D eigenvalue weighted by atomic mass is 10.1. The molecule has 1 saturated heterocycles. The van der Waals surface area contributed by atoms with Gasteiger partial charge in [-0.3, -0.25) is 9.89 Å². The van der Waals surface area contributed by atoms with Gasteiger partial charge < -0.3 is 14.9 Å². The number of phenolic OH excluding ortho intramolecular Hbond substituents is 1. The largest absolute Gasteiger partial charge is 0.507 e. The number of para-hydroxylation sites is 1. The zero-order chi connectivity index (χ0) is 18.4. The molecule has 6 nitrogen and oxygen atoms in total. The molecule has 0 spiro atoms. The van der Waals surface area contributed by atoms with E-state index >= 15 is 0 Å². The van der Waals surface area contributed by atoms with Crippen LogP contribution in [0.5, 0.6) is 5.75 Å². The molecule has 1 aromatic carbocycles. The highest BCUT2D eigenvalue weighted by molar-refractivity contribution is 5.93. The van der Waals surface area contributed by atoms with Crippen LogP contribution >= 0.6 is 0 Å². The second-order valence-corrected chi connectivity index (χ2v) is 6.82. The van der Waals surface area contributed by atoms with E-state index in [0.717, 1.165) is 26.2 Å². The quantitative estimate of drug-likeness (QED) is 0.834. The van der Waals surface area contributed by atoms with E-state index in [0.29, 0.717) is 23.5 Å². The molecule has 6 heteroatoms. The van der Waals surface area contributed by atoms with Gasteiger partial charge in [0.25, 0.3) is 5.91 Å². The number of phenols is 1. The van der Waals surface area contributed by atoms with Crippen molar-refractivity contribution in [3.8, 4) is 17.0 Å². The van der Waals surface area contributed by atoms with E-state index in [4.69, 9.17) is 0 Å². The zero-order valence-corrected chi connectivity index (χ0v) is 15.4. The third-order valence-electron chi connectivity index (χ3n) is 5.04. The number of aromatic nitrogens is 2. The smallest absolute Gasteiger partial charge is 0.271 e. The van der Waals surface area contributed by atoms with Crippen LogP contribution in [-0.4, -0.2) is 63.7 Å². The molecule has 1 fully saturated rings. The summed E-state index contributed by atoms with van der Waals surface area (Å²) in [5.41, 5.74) is 1.66. The topological polar surface area (TPSA) is 72.5 Å². The number of amides is 1. The molecule has 0 aliphatic carbocycles. The van der Waals surface area contributed by atoms with Crippen LogP contribution in [0.15, 0.2) is 30.3 Å². The van der Waals surface area contributed by atoms with Crippen molar-refractivity contribution in [1.29, 1.82) is 0 Å². The van der Waals surface area contributed by atoms with Crippen molar-refractivity contribution in [1.82, 2.24) is 20.0 Å². The summed E-state index contributed by atoms with van der Waals surface area (Å²) >= 11 is 0. The Morgan fingerprint density at radius 3 is 2.65 bits per heavy atom. The predicted octanol–water partition coefficient (Wildman–Crippen LogP) is 3.12. The molecule has 1 aromatic heterocycles. The van der Waals surface area contributed by atoms with Crippen molar-refractivity contribution in [2.75, 3.05) is 32.7 Å². The van der Waals surface area contributed by atoms with Crippen molar-refractivity contribution in [3.05, 3.63) is 36.0 Å². The minimum atomic E-state index is -0.0449. The molecule has 2 heterocycles. The number of carbonyl (C=O) groups is 1. The number of carbonyl (C=O) groups excluding carboxylic acids is 1. The van der Waals surface area contributed by atoms with Crippen LogP contribution in [0, 0.1) is 0 Å². The van der Waals surface area contributed by atoms with Crippen molar-refractivity contribution in [2.45, 2.75) is 32.6 Å². The molecular formula is C20H28N4O2. The first kappa shape index (κ1) is 18.5. The summed E-state index contributed by atoms with van der Waals surface area (Å²) in [6.07, 6.45) is 5.14. The molecule has 0 radical (unpaired) electrons. The number of benzene rings is 1. The number of rotatable bonds is 6. The molecule has 1 aliphatic rings. The van der Waals surface area contributed by atoms with Crippen molar-refractivity contribution in [3.63, 3.8) is 0 Å². The SMILES string of the molecule is CCN(CCN1CCCCCC1)C(=O)c1cc(-c2ccccc2O)n[nH]1. The normalized spacial score (nSPS) is 15.6. The Morgan fingerprint density at radius 1 is 1.23 bits per heavy atom. The highest BCUT2D eigenvalue weighted by atomic mass is 16.3. The van der Waals surface area contributed by atoms with Crippen LogP contribution in [-0.2, 0) is 0 Å². The number of hydrogen-bond donors (Lipinski definition) is 2. The molecule has 3 rings (SSSR count). The van der Waals surface area contributed by atoms with E-state index < -0.39 is 0 Å². The minimum Gasteiger partial charge on any atom is -0.507 e. The second kappa shape index (κ2) is 8.85. The summed E-state index contributed by atoms with van der Waals surface area (Å²) in [5.74, 6) is 0.114. The Balaban J connectivity index is 1.64. The Bertz CT molecular complexity index is 720. The maximum atomic E-state index is 12.8. The summed E-state index contributed by atoms with van der Waals surface area (Å²) in [5, 5.41) is 17.0. The first-order valence-corrected chi connectivity index (χ1v) is 9.54. The lowest BCUT2D eigenvalue weighted by molar-refractivity contribution is 0.0739. The average Bonchev–Trinajstić information content (AvgIpc) is 2.99. The van der Waals surface area contributed by atoms with Crippen LogP contribution in [0.4, 0.5) is 0 Å². The Morgan fingerprint density at radius 2 is 1.96 bits per heavy atom. The molecule has 0 unspecified atom stereocenters. The fraction of sp³-hybridized carbons (Fsp3) is 0.500. The molecule has 26 heavy (non-hydrogen) atoms. The van der Waals surface area contributed by atoms with Gasteiger partial charge in [-0.2, -0.15) is 5.10 Å². The lowest BCUT2D eigenvalue weighted by Gasteiger charge is -2.25. The number of nitrogens with one attached hydrogen (secondary N) is 1. The van der Waals surface area contributed by atoms with E-state index in [1.807, 2.05) is 17.9 Å². The van der Waals surface area contributed by atoms with Gasteiger partial charge in [-0.15, -0.1) is 0 Å². The standard InChI is InChI=1S/C20H28N4O2/c1-2-24(14-13-23-11-7-3-4-8-12-23)20(26)18-15-17(21-22-18)16-9-5-6-10-19(16)25/h5-6,9-10,15,25H,2-4,7-8,11-14H2,1H3,(H,21,22). The van der Waals surface area contributed by atoms with E-state index in [9.17, 15) is 9.90 Å². The summed E-state index contributed by atoms with van der Waals surface area (Å²) in [7, 11) is 0. The lowest BCUT2D eigenvalue weighted by Crippen LogP contribution is -2.39. The Labute approximate surface area is 154 Å². The fourth-order valence-electron chi connectivity index (χ4n) is 3.46. The van der Waals surface area contributed by atoms with E-state index in [1.165, 1.54) is 25.7 Å². The van der Waals surface area contributed by atoms with Gasteiger partial charge in [-0.25, -0.2) is 0 Å². The number of aromatic hydroxyl groups is 1. The molecule has 140 valence electrons. The van der Waals surface area contributed by atoms with Crippen LogP contribution in [0.3, 0.4) is 0 Å². The maximum absolute atomic E-state index is 12.8. The summed E-state index contributed by atoms with van der Waals surface area (Å²) in [6.45, 7) is 6.57. The first-order chi connectivity index (χ1) is 12.7. The van der Waals surface area contributed by atoms with Crippen molar-refractivity contribution >= 4 is 5.91 Å². The van der Waals surface area contributed by atoms with Crippen molar-refractivity contribution < 1.29 is 9.90 Å². The molecule has 0 saturated carbocycles. The number of aromatic amines is 1. The third kappa shape index (κ3) is 4.43. The van der Waals surface area contributed by atoms with Crippen molar-refractivity contribution in [2.24, 2.45) is 0 Å². The number of likely N-dealkylation sites (N-methyl/N-ethyl adjacent to an activating group) is 1. The zero-order valence-electron chi connectivity index (χ0n) is 15.4. The summed E-state index contributed by atoms with van der Waals surface area (Å²) < 4.78 is 0. The predicted molar refractivity (Wildman–Crippen MR) is 102 cm³/mol. The maximum Gasteiger partial charge on any atom is 0.271 e. The van der Waals surface area contributed by atoms with Gasteiger partial charge in [0.2, 0.25) is 0 Å². The Hall–Kier alpha value is -2.34. The monoisotopic (exact) mass is 356 g/mol. The van der Waals surface area contributed by atoms with Gasteiger partial charge in [-0.1, -0.05) is 25.0 Å². The summed E-state index contributed by atoms with van der Waals surface area (Å²) in [4.78, 5) is 17.1. The van der Waals surface area contributed by atoms with Gasteiger partial charge in [0.05, 0.1) is 5.69 Å². The number of hydrogen-bond acceptors (Lipinski definition) is 4. The fourth-order valence-corrected chi connectivity index (χ4v) is 3.46. The van der Waals surface area contributed by atoms with Gasteiger partial charge in [0, 0.05) is 25.2 Å². The van der Waals surface area contributed by atoms with Gasteiger partial charge in [-0.05, 0) is 51.1 Å². The molecule has 2 aromatic rings. The molecular weight excluding hydrogens is 328 g/mol. The third-order valence-corrected chi connectivity index (χ3v) is 5.04.